The van der Waals surface area contributed by atoms with Crippen LogP contribution in [0.25, 0.3) is 0 Å². The Labute approximate surface area is 581 Å². The van der Waals surface area contributed by atoms with Crippen LogP contribution in [-0.2, 0) is 65.4 Å². The summed E-state index contributed by atoms with van der Waals surface area (Å²) in [5, 5.41) is 10.6. The van der Waals surface area contributed by atoms with Crippen LogP contribution in [0.15, 0.2) is 0 Å². The van der Waals surface area contributed by atoms with E-state index in [0.717, 1.165) is 120 Å². The van der Waals surface area contributed by atoms with Crippen molar-refractivity contribution < 1.29 is 80.2 Å². The topological polar surface area (TPSA) is 237 Å². The van der Waals surface area contributed by atoms with E-state index in [1.807, 2.05) is 0 Å². The average Bonchev–Trinajstić information content (AvgIpc) is 1.67. The van der Waals surface area contributed by atoms with Gasteiger partial charge in [-0.3, -0.25) is 37.3 Å². The van der Waals surface area contributed by atoms with Gasteiger partial charge >= 0.3 is 39.5 Å². The molecule has 0 aromatic heterocycles. The zero-order chi connectivity index (χ0) is 70.3. The van der Waals surface area contributed by atoms with Gasteiger partial charge in [-0.15, -0.1) is 0 Å². The molecule has 19 heteroatoms. The number of unbranched alkanes of at least 4 members (excludes halogenated alkanes) is 37. The summed E-state index contributed by atoms with van der Waals surface area (Å²) in [7, 11) is -9.91. The van der Waals surface area contributed by atoms with E-state index < -0.39 is 97.5 Å². The summed E-state index contributed by atoms with van der Waals surface area (Å²) in [6, 6.07) is 0. The van der Waals surface area contributed by atoms with Crippen LogP contribution in [0.1, 0.15) is 383 Å². The zero-order valence-electron chi connectivity index (χ0n) is 62.3. The van der Waals surface area contributed by atoms with Crippen molar-refractivity contribution in [2.24, 2.45) is 23.7 Å². The fourth-order valence-corrected chi connectivity index (χ4v) is 13.1. The largest absolute Gasteiger partial charge is 0.472 e. The van der Waals surface area contributed by atoms with Crippen LogP contribution in [0.4, 0.5) is 0 Å². The lowest BCUT2D eigenvalue weighted by Crippen LogP contribution is -2.30. The first-order valence-corrected chi connectivity index (χ1v) is 42.3. The molecular weight excluding hydrogens is 1250 g/mol. The first-order valence-electron chi connectivity index (χ1n) is 39.3. The number of esters is 4. The van der Waals surface area contributed by atoms with Crippen LogP contribution in [0.2, 0.25) is 0 Å². The Morgan fingerprint density at radius 3 is 0.747 bits per heavy atom. The van der Waals surface area contributed by atoms with Gasteiger partial charge in [0.1, 0.15) is 19.3 Å². The molecular formula is C76H148O17P2. The van der Waals surface area contributed by atoms with Crippen LogP contribution in [-0.4, -0.2) is 96.7 Å². The minimum atomic E-state index is -4.96. The molecule has 0 aromatic rings. The molecule has 17 nitrogen and oxygen atoms in total. The van der Waals surface area contributed by atoms with Crippen LogP contribution in [0.5, 0.6) is 0 Å². The van der Waals surface area contributed by atoms with Gasteiger partial charge in [0.15, 0.2) is 12.2 Å². The van der Waals surface area contributed by atoms with E-state index >= 15 is 0 Å². The Kier molecular flexibility index (Phi) is 64.0. The van der Waals surface area contributed by atoms with Gasteiger partial charge in [0.05, 0.1) is 26.4 Å². The Balaban J connectivity index is 5.25. The van der Waals surface area contributed by atoms with E-state index in [9.17, 15) is 43.2 Å². The third kappa shape index (κ3) is 67.6. The maximum Gasteiger partial charge on any atom is 0.472 e. The number of carbonyl (C=O) groups is 4. The molecule has 0 aliphatic carbocycles. The van der Waals surface area contributed by atoms with Gasteiger partial charge in [0.25, 0.3) is 0 Å². The highest BCUT2D eigenvalue weighted by Crippen LogP contribution is 2.45. The van der Waals surface area contributed by atoms with Crippen LogP contribution in [0, 0.1) is 23.7 Å². The third-order valence-electron chi connectivity index (χ3n) is 18.3. The third-order valence-corrected chi connectivity index (χ3v) is 20.2. The summed E-state index contributed by atoms with van der Waals surface area (Å²) in [5.74, 6) is 0.972. The number of phosphoric ester groups is 2. The van der Waals surface area contributed by atoms with Gasteiger partial charge in [0, 0.05) is 25.7 Å². The van der Waals surface area contributed by atoms with E-state index in [0.29, 0.717) is 25.7 Å². The predicted octanol–water partition coefficient (Wildman–Crippen LogP) is 22.0. The molecule has 0 amide bonds. The van der Waals surface area contributed by atoms with Crippen LogP contribution < -0.4 is 0 Å². The monoisotopic (exact) mass is 1400 g/mol. The van der Waals surface area contributed by atoms with Gasteiger partial charge in [-0.2, -0.15) is 0 Å². The molecule has 0 fully saturated rings. The van der Waals surface area contributed by atoms with E-state index in [1.54, 1.807) is 0 Å². The first-order chi connectivity index (χ1) is 45.7. The number of aliphatic hydroxyl groups excluding tert-OH is 1. The molecule has 0 heterocycles. The van der Waals surface area contributed by atoms with Crippen molar-refractivity contribution in [3.63, 3.8) is 0 Å². The Morgan fingerprint density at radius 2 is 0.505 bits per heavy atom. The Hall–Kier alpha value is -1.94. The highest BCUT2D eigenvalue weighted by molar-refractivity contribution is 7.47. The molecule has 95 heavy (non-hydrogen) atoms. The van der Waals surface area contributed by atoms with Crippen molar-refractivity contribution in [1.29, 1.82) is 0 Å². The molecule has 0 spiro atoms. The molecule has 0 aromatic carbocycles. The number of phosphoric acid groups is 2. The standard InChI is InChI=1S/C76H148O17P2/c1-9-68(7)54-46-38-30-24-18-13-11-12-14-19-25-31-40-48-56-73(78)86-62-71(92-75(80)58-50-42-32-26-20-16-15-17-22-28-36-44-52-66(3)4)64-90-94(82,83)88-60-70(77)61-89-95(84,85)91-65-72(63-87-74(79)57-49-41-35-34-39-47-55-69(8)10-2)93-76(81)59-51-43-33-27-21-23-29-37-45-53-67(5)6/h66-72,77H,9-65H2,1-8H3,(H,82,83)(H,84,85)/t68?,69?,70-,71-,72-/m1/s1. The number of rotatable bonds is 73. The SMILES string of the molecule is CCC(C)CCCCCCCCCCCCCCCCC(=O)OC[C@H](COP(=O)(O)OC[C@@H](O)COP(=O)(O)OC[C@@H](COC(=O)CCCCCCCCC(C)CC)OC(=O)CCCCCCCCCCCC(C)C)OC(=O)CCCCCCCCCCCCCCC(C)C. The second kappa shape index (κ2) is 65.4. The summed E-state index contributed by atoms with van der Waals surface area (Å²) in [5.41, 5.74) is 0. The van der Waals surface area contributed by atoms with Crippen LogP contribution in [0.3, 0.4) is 0 Å². The van der Waals surface area contributed by atoms with E-state index in [2.05, 4.69) is 55.4 Å². The lowest BCUT2D eigenvalue weighted by atomic mass is 9.99. The smallest absolute Gasteiger partial charge is 0.462 e. The Bertz CT molecular complexity index is 1870. The number of aliphatic hydroxyl groups is 1. The van der Waals surface area contributed by atoms with Gasteiger partial charge in [-0.1, -0.05) is 331 Å². The zero-order valence-corrected chi connectivity index (χ0v) is 64.1. The Morgan fingerprint density at radius 1 is 0.295 bits per heavy atom. The number of hydrogen-bond donors (Lipinski definition) is 3. The molecule has 0 bridgehead atoms. The van der Waals surface area contributed by atoms with E-state index in [1.165, 1.54) is 180 Å². The summed E-state index contributed by atoms with van der Waals surface area (Å²) >= 11 is 0. The number of ether oxygens (including phenoxy) is 4. The van der Waals surface area contributed by atoms with Gasteiger partial charge in [-0.05, 0) is 49.4 Å². The number of carbonyl (C=O) groups excluding carboxylic acids is 4. The molecule has 3 N–H and O–H groups in total. The minimum Gasteiger partial charge on any atom is -0.462 e. The maximum absolute atomic E-state index is 13.1. The van der Waals surface area contributed by atoms with Crippen molar-refractivity contribution in [2.45, 2.75) is 401 Å². The molecule has 7 atom stereocenters. The van der Waals surface area contributed by atoms with Gasteiger partial charge in [-0.25, -0.2) is 9.13 Å². The van der Waals surface area contributed by atoms with Crippen LogP contribution >= 0.6 is 15.6 Å². The lowest BCUT2D eigenvalue weighted by molar-refractivity contribution is -0.161. The molecule has 0 rings (SSSR count). The summed E-state index contributed by atoms with van der Waals surface area (Å²) in [4.78, 5) is 72.8. The van der Waals surface area contributed by atoms with Gasteiger partial charge < -0.3 is 33.8 Å². The van der Waals surface area contributed by atoms with E-state index in [4.69, 9.17) is 37.0 Å². The van der Waals surface area contributed by atoms with Crippen molar-refractivity contribution in [3.8, 4) is 0 Å². The highest BCUT2D eigenvalue weighted by atomic mass is 31.2. The first kappa shape index (κ1) is 93.1. The predicted molar refractivity (Wildman–Crippen MR) is 386 cm³/mol. The fourth-order valence-electron chi connectivity index (χ4n) is 11.5. The highest BCUT2D eigenvalue weighted by Gasteiger charge is 2.30. The van der Waals surface area contributed by atoms with Crippen molar-refractivity contribution >= 4 is 39.5 Å². The molecule has 564 valence electrons. The normalized spacial score (nSPS) is 14.7. The summed E-state index contributed by atoms with van der Waals surface area (Å²) in [6.07, 6.45) is 49.9. The maximum atomic E-state index is 13.1. The van der Waals surface area contributed by atoms with Crippen molar-refractivity contribution in [3.05, 3.63) is 0 Å². The lowest BCUT2D eigenvalue weighted by Gasteiger charge is -2.21. The average molecular weight is 1400 g/mol. The van der Waals surface area contributed by atoms with Crippen molar-refractivity contribution in [1.82, 2.24) is 0 Å². The molecule has 0 radical (unpaired) electrons. The molecule has 4 unspecified atom stereocenters. The number of hydrogen-bond acceptors (Lipinski definition) is 15. The van der Waals surface area contributed by atoms with Gasteiger partial charge in [0.2, 0.25) is 0 Å². The molecule has 0 saturated carbocycles. The molecule has 0 saturated heterocycles. The second-order valence-electron chi connectivity index (χ2n) is 28.8. The van der Waals surface area contributed by atoms with Crippen molar-refractivity contribution in [2.75, 3.05) is 39.6 Å². The second-order valence-corrected chi connectivity index (χ2v) is 31.7. The van der Waals surface area contributed by atoms with E-state index in [-0.39, 0.29) is 25.7 Å². The summed E-state index contributed by atoms with van der Waals surface area (Å²) < 4.78 is 68.5. The fraction of sp³-hybridized carbons (Fsp3) is 0.947. The quantitative estimate of drug-likeness (QED) is 0.0222. The molecule has 0 aliphatic rings. The summed E-state index contributed by atoms with van der Waals surface area (Å²) in [6.45, 7) is 14.2. The molecule has 0 aliphatic heterocycles. The minimum absolute atomic E-state index is 0.104.